The van der Waals surface area contributed by atoms with Crippen molar-refractivity contribution in [2.45, 2.75) is 26.4 Å². The van der Waals surface area contributed by atoms with E-state index in [0.29, 0.717) is 18.5 Å². The summed E-state index contributed by atoms with van der Waals surface area (Å²) < 4.78 is 8.56. The van der Waals surface area contributed by atoms with Crippen molar-refractivity contribution in [2.75, 3.05) is 20.3 Å². The van der Waals surface area contributed by atoms with Gasteiger partial charge in [0.1, 0.15) is 11.4 Å². The number of aromatic nitrogens is 3. The molecule has 1 amide bonds. The molecule has 0 saturated heterocycles. The molecule has 2 heterocycles. The quantitative estimate of drug-likeness (QED) is 0.796. The van der Waals surface area contributed by atoms with Gasteiger partial charge in [-0.1, -0.05) is 0 Å². The van der Waals surface area contributed by atoms with Crippen LogP contribution < -0.4 is 5.32 Å². The first-order valence-electron chi connectivity index (χ1n) is 7.58. The summed E-state index contributed by atoms with van der Waals surface area (Å²) in [6.45, 7) is 4.61. The summed E-state index contributed by atoms with van der Waals surface area (Å²) in [5, 5.41) is 16.7. The molecule has 0 radical (unpaired) electrons. The first kappa shape index (κ1) is 17.2. The molecule has 0 aliphatic heterocycles. The van der Waals surface area contributed by atoms with Crippen LogP contribution in [0.1, 0.15) is 28.2 Å². The van der Waals surface area contributed by atoms with Gasteiger partial charge < -0.3 is 19.7 Å². The Hall–Kier alpha value is -2.12. The Morgan fingerprint density at radius 2 is 2.04 bits per heavy atom. The van der Waals surface area contributed by atoms with Gasteiger partial charge in [0.2, 0.25) is 0 Å². The molecule has 126 valence electrons. The lowest BCUT2D eigenvalue weighted by Gasteiger charge is -2.13. The second kappa shape index (κ2) is 7.43. The topological polar surface area (TPSA) is 81.3 Å². The summed E-state index contributed by atoms with van der Waals surface area (Å²) in [6, 6.07) is 4.01. The fourth-order valence-corrected chi connectivity index (χ4v) is 2.58. The number of ether oxygens (including phenoxy) is 1. The van der Waals surface area contributed by atoms with Gasteiger partial charge in [0, 0.05) is 32.1 Å². The minimum absolute atomic E-state index is 0.204. The number of rotatable bonds is 7. The lowest BCUT2D eigenvalue weighted by molar-refractivity contribution is 0.0587. The van der Waals surface area contributed by atoms with E-state index in [2.05, 4.69) is 10.4 Å². The summed E-state index contributed by atoms with van der Waals surface area (Å²) in [6.07, 6.45) is 1.42. The Bertz CT molecular complexity index is 655. The molecule has 0 saturated carbocycles. The zero-order chi connectivity index (χ0) is 17.0. The third kappa shape index (κ3) is 3.80. The monoisotopic (exact) mass is 320 g/mol. The maximum absolute atomic E-state index is 12.4. The van der Waals surface area contributed by atoms with E-state index < -0.39 is 6.10 Å². The molecule has 2 N–H and O–H groups in total. The number of methoxy groups -OCH3 is 1. The van der Waals surface area contributed by atoms with Gasteiger partial charge in [-0.15, -0.1) is 0 Å². The minimum Gasteiger partial charge on any atom is -0.391 e. The highest BCUT2D eigenvalue weighted by Crippen LogP contribution is 2.19. The number of amides is 1. The second-order valence-corrected chi connectivity index (χ2v) is 5.61. The molecule has 2 aromatic rings. The van der Waals surface area contributed by atoms with Gasteiger partial charge in [-0.25, -0.2) is 0 Å². The highest BCUT2D eigenvalue weighted by molar-refractivity contribution is 5.97. The number of nitrogens with one attached hydrogen (secondary N) is 1. The third-order valence-electron chi connectivity index (χ3n) is 3.76. The number of carbonyl (C=O) groups excluding carboxylic acids is 1. The highest BCUT2D eigenvalue weighted by Gasteiger charge is 2.19. The van der Waals surface area contributed by atoms with Crippen LogP contribution in [0.15, 0.2) is 18.3 Å². The molecular formula is C16H24N4O3. The number of aliphatic hydroxyl groups is 1. The predicted molar refractivity (Wildman–Crippen MR) is 86.8 cm³/mol. The van der Waals surface area contributed by atoms with Crippen LogP contribution in [-0.2, 0) is 11.8 Å². The van der Waals surface area contributed by atoms with Crippen molar-refractivity contribution in [2.24, 2.45) is 7.05 Å². The largest absolute Gasteiger partial charge is 0.391 e. The van der Waals surface area contributed by atoms with Crippen molar-refractivity contribution in [3.8, 4) is 5.82 Å². The summed E-state index contributed by atoms with van der Waals surface area (Å²) in [5.74, 6) is 0.533. The normalized spacial score (nSPS) is 12.4. The van der Waals surface area contributed by atoms with E-state index in [4.69, 9.17) is 4.74 Å². The molecule has 0 fully saturated rings. The Morgan fingerprint density at radius 3 is 2.65 bits per heavy atom. The van der Waals surface area contributed by atoms with E-state index in [9.17, 15) is 9.90 Å². The van der Waals surface area contributed by atoms with Gasteiger partial charge in [-0.3, -0.25) is 9.48 Å². The minimum atomic E-state index is -0.581. The number of aliphatic hydroxyl groups excluding tert-OH is 1. The molecule has 2 rings (SSSR count). The average Bonchev–Trinajstić information content (AvgIpc) is 3.02. The molecule has 0 spiro atoms. The van der Waals surface area contributed by atoms with Crippen LogP contribution in [-0.4, -0.2) is 51.7 Å². The molecule has 0 aromatic carbocycles. The number of carbonyl (C=O) groups is 1. The Labute approximate surface area is 135 Å². The van der Waals surface area contributed by atoms with Gasteiger partial charge in [-0.05, 0) is 32.4 Å². The maximum atomic E-state index is 12.4. The molecule has 7 heteroatoms. The average molecular weight is 320 g/mol. The van der Waals surface area contributed by atoms with Crippen molar-refractivity contribution in [3.05, 3.63) is 35.3 Å². The first-order valence-corrected chi connectivity index (χ1v) is 7.58. The van der Waals surface area contributed by atoms with Crippen LogP contribution in [0.3, 0.4) is 0 Å². The Kier molecular flexibility index (Phi) is 5.57. The lowest BCUT2D eigenvalue weighted by Crippen LogP contribution is -2.29. The number of aryl methyl sites for hydroxylation is 3. The maximum Gasteiger partial charge on any atom is 0.256 e. The SMILES string of the molecule is COCC(O)CCNC(=O)c1cnn(C)c1-n1c(C)ccc1C. The lowest BCUT2D eigenvalue weighted by atomic mass is 10.2. The van der Waals surface area contributed by atoms with E-state index in [-0.39, 0.29) is 12.5 Å². The Balaban J connectivity index is 2.14. The molecule has 0 bridgehead atoms. The van der Waals surface area contributed by atoms with Gasteiger partial charge >= 0.3 is 0 Å². The van der Waals surface area contributed by atoms with Crippen LogP contribution in [0, 0.1) is 13.8 Å². The third-order valence-corrected chi connectivity index (χ3v) is 3.76. The highest BCUT2D eigenvalue weighted by atomic mass is 16.5. The van der Waals surface area contributed by atoms with Crippen LogP contribution in [0.2, 0.25) is 0 Å². The van der Waals surface area contributed by atoms with Crippen molar-refractivity contribution < 1.29 is 14.6 Å². The zero-order valence-corrected chi connectivity index (χ0v) is 14.0. The van der Waals surface area contributed by atoms with Crippen molar-refractivity contribution in [1.82, 2.24) is 19.7 Å². The van der Waals surface area contributed by atoms with Gasteiger partial charge in [0.25, 0.3) is 5.91 Å². The van der Waals surface area contributed by atoms with Gasteiger partial charge in [0.15, 0.2) is 0 Å². The van der Waals surface area contributed by atoms with Gasteiger partial charge in [-0.2, -0.15) is 5.10 Å². The summed E-state index contributed by atoms with van der Waals surface area (Å²) in [5.41, 5.74) is 2.59. The summed E-state index contributed by atoms with van der Waals surface area (Å²) in [7, 11) is 3.35. The van der Waals surface area contributed by atoms with Crippen LogP contribution >= 0.6 is 0 Å². The molecule has 1 atom stereocenters. The molecule has 0 aliphatic carbocycles. The van der Waals surface area contributed by atoms with Crippen molar-refractivity contribution in [3.63, 3.8) is 0 Å². The first-order chi connectivity index (χ1) is 11.0. The predicted octanol–water partition coefficient (Wildman–Crippen LogP) is 0.955. The molecule has 2 aromatic heterocycles. The number of hydrogen-bond acceptors (Lipinski definition) is 4. The fourth-order valence-electron chi connectivity index (χ4n) is 2.58. The smallest absolute Gasteiger partial charge is 0.256 e. The van der Waals surface area contributed by atoms with Crippen LogP contribution in [0.5, 0.6) is 0 Å². The summed E-state index contributed by atoms with van der Waals surface area (Å²) in [4.78, 5) is 12.4. The van der Waals surface area contributed by atoms with E-state index in [1.165, 1.54) is 7.11 Å². The summed E-state index contributed by atoms with van der Waals surface area (Å²) >= 11 is 0. The number of hydrogen-bond donors (Lipinski definition) is 2. The molecule has 0 aliphatic rings. The Morgan fingerprint density at radius 1 is 1.39 bits per heavy atom. The zero-order valence-electron chi connectivity index (χ0n) is 14.0. The van der Waals surface area contributed by atoms with Gasteiger partial charge in [0.05, 0.1) is 18.9 Å². The van der Waals surface area contributed by atoms with E-state index >= 15 is 0 Å². The van der Waals surface area contributed by atoms with Crippen LogP contribution in [0.25, 0.3) is 5.82 Å². The second-order valence-electron chi connectivity index (χ2n) is 5.61. The van der Waals surface area contributed by atoms with E-state index in [1.54, 1.807) is 10.9 Å². The standard InChI is InChI=1S/C16H24N4O3/c1-11-5-6-12(2)20(11)16-14(9-18-19(16)3)15(22)17-8-7-13(21)10-23-4/h5-6,9,13,21H,7-8,10H2,1-4H3,(H,17,22). The van der Waals surface area contributed by atoms with Crippen molar-refractivity contribution in [1.29, 1.82) is 0 Å². The molecule has 23 heavy (non-hydrogen) atoms. The van der Waals surface area contributed by atoms with E-state index in [0.717, 1.165) is 17.2 Å². The van der Waals surface area contributed by atoms with E-state index in [1.807, 2.05) is 37.6 Å². The molecule has 1 unspecified atom stereocenters. The number of nitrogens with zero attached hydrogens (tertiary/aromatic N) is 3. The van der Waals surface area contributed by atoms with Crippen molar-refractivity contribution >= 4 is 5.91 Å². The van der Waals surface area contributed by atoms with Crippen LogP contribution in [0.4, 0.5) is 0 Å². The fraction of sp³-hybridized carbons (Fsp3) is 0.500. The molecule has 7 nitrogen and oxygen atoms in total. The molecular weight excluding hydrogens is 296 g/mol.